The highest BCUT2D eigenvalue weighted by atomic mass is 16.1. The first-order chi connectivity index (χ1) is 11.8. The maximum absolute atomic E-state index is 11.9. The molecule has 1 N–H and O–H groups in total. The summed E-state index contributed by atoms with van der Waals surface area (Å²) >= 11 is 0. The molecule has 3 heteroatoms. The summed E-state index contributed by atoms with van der Waals surface area (Å²) in [5.74, 6) is -0.0893. The van der Waals surface area contributed by atoms with E-state index in [1.807, 2.05) is 24.3 Å². The van der Waals surface area contributed by atoms with Crippen LogP contribution in [-0.2, 0) is 6.54 Å². The van der Waals surface area contributed by atoms with E-state index in [0.717, 1.165) is 12.1 Å². The molecule has 3 rings (SSSR count). The molecule has 0 bridgehead atoms. The lowest BCUT2D eigenvalue weighted by atomic mass is 10.1. The number of piperidine rings is 1. The first kappa shape index (κ1) is 16.5. The number of rotatable bonds is 5. The van der Waals surface area contributed by atoms with E-state index in [0.29, 0.717) is 5.56 Å². The van der Waals surface area contributed by atoms with E-state index in [2.05, 4.69) is 34.5 Å². The molecule has 3 nitrogen and oxygen atoms in total. The van der Waals surface area contributed by atoms with Gasteiger partial charge in [-0.1, -0.05) is 48.9 Å². The molecule has 1 aliphatic heterocycles. The Bertz CT molecular complexity index is 671. The summed E-state index contributed by atoms with van der Waals surface area (Å²) in [7, 11) is 0. The quantitative estimate of drug-likeness (QED) is 0.900. The van der Waals surface area contributed by atoms with E-state index in [1.54, 1.807) is 18.3 Å². The maximum Gasteiger partial charge on any atom is 0.255 e. The van der Waals surface area contributed by atoms with Crippen LogP contribution in [0.15, 0.2) is 60.8 Å². The monoisotopic (exact) mass is 320 g/mol. The average molecular weight is 320 g/mol. The summed E-state index contributed by atoms with van der Waals surface area (Å²) in [6.07, 6.45) is 7.64. The lowest BCUT2D eigenvalue weighted by Gasteiger charge is -2.26. The Hall–Kier alpha value is -2.39. The average Bonchev–Trinajstić information content (AvgIpc) is 2.65. The van der Waals surface area contributed by atoms with Gasteiger partial charge in [0.1, 0.15) is 0 Å². The number of amides is 1. The molecule has 1 saturated heterocycles. The van der Waals surface area contributed by atoms with Gasteiger partial charge >= 0.3 is 0 Å². The Labute approximate surface area is 144 Å². The van der Waals surface area contributed by atoms with Gasteiger partial charge in [-0.05, 0) is 55.3 Å². The molecule has 0 unspecified atom stereocenters. The zero-order valence-electron chi connectivity index (χ0n) is 13.9. The zero-order chi connectivity index (χ0) is 16.6. The number of carbonyl (C=O) groups excluding carboxylic acids is 1. The minimum absolute atomic E-state index is 0.0893. The van der Waals surface area contributed by atoms with Crippen LogP contribution in [0.3, 0.4) is 0 Å². The number of nitrogens with zero attached hydrogens (tertiary/aromatic N) is 1. The summed E-state index contributed by atoms with van der Waals surface area (Å²) in [5, 5.41) is 2.80. The molecule has 0 spiro atoms. The van der Waals surface area contributed by atoms with Crippen LogP contribution in [-0.4, -0.2) is 23.9 Å². The Balaban J connectivity index is 1.51. The molecule has 0 atom stereocenters. The van der Waals surface area contributed by atoms with Crippen LogP contribution >= 0.6 is 0 Å². The number of nitrogens with one attached hydrogen (secondary N) is 1. The third kappa shape index (κ3) is 4.80. The fourth-order valence-electron chi connectivity index (χ4n) is 3.00. The Morgan fingerprint density at radius 1 is 0.958 bits per heavy atom. The van der Waals surface area contributed by atoms with E-state index in [-0.39, 0.29) is 5.91 Å². The van der Waals surface area contributed by atoms with Crippen molar-refractivity contribution in [2.75, 3.05) is 13.1 Å². The molecule has 1 heterocycles. The molecule has 24 heavy (non-hydrogen) atoms. The fourth-order valence-corrected chi connectivity index (χ4v) is 3.00. The first-order valence-electron chi connectivity index (χ1n) is 8.65. The van der Waals surface area contributed by atoms with Gasteiger partial charge in [-0.3, -0.25) is 9.69 Å². The molecule has 2 aromatic rings. The van der Waals surface area contributed by atoms with Gasteiger partial charge in [-0.15, -0.1) is 0 Å². The summed E-state index contributed by atoms with van der Waals surface area (Å²) in [6.45, 7) is 3.47. The minimum atomic E-state index is -0.0893. The van der Waals surface area contributed by atoms with Crippen molar-refractivity contribution in [3.8, 4) is 0 Å². The van der Waals surface area contributed by atoms with Crippen molar-refractivity contribution < 1.29 is 4.79 Å². The largest absolute Gasteiger partial charge is 0.329 e. The van der Waals surface area contributed by atoms with Gasteiger partial charge in [0.15, 0.2) is 0 Å². The van der Waals surface area contributed by atoms with Crippen LogP contribution in [0.25, 0.3) is 6.08 Å². The first-order valence-corrected chi connectivity index (χ1v) is 8.65. The van der Waals surface area contributed by atoms with Gasteiger partial charge in [0.05, 0.1) is 0 Å². The van der Waals surface area contributed by atoms with Crippen LogP contribution < -0.4 is 5.32 Å². The van der Waals surface area contributed by atoms with Crippen LogP contribution in [0.1, 0.15) is 40.7 Å². The molecule has 1 amide bonds. The Morgan fingerprint density at radius 2 is 1.67 bits per heavy atom. The van der Waals surface area contributed by atoms with Crippen LogP contribution in [0, 0.1) is 0 Å². The molecule has 0 aromatic heterocycles. The summed E-state index contributed by atoms with van der Waals surface area (Å²) in [4.78, 5) is 14.5. The van der Waals surface area contributed by atoms with Crippen molar-refractivity contribution in [3.63, 3.8) is 0 Å². The van der Waals surface area contributed by atoms with Gasteiger partial charge in [0.2, 0.25) is 0 Å². The SMILES string of the molecule is O=C(N/C=C/c1ccc(CN2CCCCC2)cc1)c1ccccc1. The number of hydrogen-bond acceptors (Lipinski definition) is 2. The molecule has 1 fully saturated rings. The molecule has 1 aliphatic rings. The van der Waals surface area contributed by atoms with E-state index in [1.165, 1.54) is 37.9 Å². The third-order valence-corrected chi connectivity index (χ3v) is 4.36. The van der Waals surface area contributed by atoms with E-state index >= 15 is 0 Å². The zero-order valence-corrected chi connectivity index (χ0v) is 13.9. The van der Waals surface area contributed by atoms with Gasteiger partial charge in [-0.2, -0.15) is 0 Å². The van der Waals surface area contributed by atoms with Crippen molar-refractivity contribution in [1.82, 2.24) is 10.2 Å². The van der Waals surface area contributed by atoms with Crippen LogP contribution in [0.5, 0.6) is 0 Å². The van der Waals surface area contributed by atoms with Crippen molar-refractivity contribution in [3.05, 3.63) is 77.5 Å². The van der Waals surface area contributed by atoms with Gasteiger partial charge < -0.3 is 5.32 Å². The molecule has 124 valence electrons. The second-order valence-corrected chi connectivity index (χ2v) is 6.25. The molecule has 0 radical (unpaired) electrons. The number of benzene rings is 2. The van der Waals surface area contributed by atoms with Gasteiger partial charge in [-0.25, -0.2) is 0 Å². The minimum Gasteiger partial charge on any atom is -0.329 e. The molecular weight excluding hydrogens is 296 g/mol. The lowest BCUT2D eigenvalue weighted by molar-refractivity contribution is 0.0970. The van der Waals surface area contributed by atoms with Crippen molar-refractivity contribution in [2.45, 2.75) is 25.8 Å². The summed E-state index contributed by atoms with van der Waals surface area (Å²) in [6, 6.07) is 17.8. The van der Waals surface area contributed by atoms with Crippen LogP contribution in [0.4, 0.5) is 0 Å². The summed E-state index contributed by atoms with van der Waals surface area (Å²) in [5.41, 5.74) is 3.10. The maximum atomic E-state index is 11.9. The number of carbonyl (C=O) groups is 1. The smallest absolute Gasteiger partial charge is 0.255 e. The standard InChI is InChI=1S/C21H24N2O/c24-21(20-7-3-1-4-8-20)22-14-13-18-9-11-19(12-10-18)17-23-15-5-2-6-16-23/h1,3-4,7-14H,2,5-6,15-17H2,(H,22,24)/b14-13+. The lowest BCUT2D eigenvalue weighted by Crippen LogP contribution is -2.29. The van der Waals surface area contributed by atoms with Gasteiger partial charge in [0.25, 0.3) is 5.91 Å². The predicted octanol–water partition coefficient (Wildman–Crippen LogP) is 4.07. The van der Waals surface area contributed by atoms with E-state index in [4.69, 9.17) is 0 Å². The molecule has 2 aromatic carbocycles. The Kier molecular flexibility index (Phi) is 5.80. The molecule has 0 saturated carbocycles. The van der Waals surface area contributed by atoms with Crippen molar-refractivity contribution >= 4 is 12.0 Å². The highest BCUT2D eigenvalue weighted by molar-refractivity contribution is 5.95. The predicted molar refractivity (Wildman–Crippen MR) is 98.5 cm³/mol. The summed E-state index contributed by atoms with van der Waals surface area (Å²) < 4.78 is 0. The second-order valence-electron chi connectivity index (χ2n) is 6.25. The number of likely N-dealkylation sites (tertiary alicyclic amines) is 1. The normalized spacial score (nSPS) is 15.5. The van der Waals surface area contributed by atoms with Gasteiger partial charge in [0, 0.05) is 18.3 Å². The highest BCUT2D eigenvalue weighted by Crippen LogP contribution is 2.14. The van der Waals surface area contributed by atoms with Crippen molar-refractivity contribution in [1.29, 1.82) is 0 Å². The van der Waals surface area contributed by atoms with E-state index in [9.17, 15) is 4.79 Å². The third-order valence-electron chi connectivity index (χ3n) is 4.36. The molecule has 0 aliphatic carbocycles. The molecular formula is C21H24N2O. The van der Waals surface area contributed by atoms with Crippen molar-refractivity contribution in [2.24, 2.45) is 0 Å². The van der Waals surface area contributed by atoms with Crippen LogP contribution in [0.2, 0.25) is 0 Å². The van der Waals surface area contributed by atoms with E-state index < -0.39 is 0 Å². The Morgan fingerprint density at radius 3 is 2.38 bits per heavy atom. The number of hydrogen-bond donors (Lipinski definition) is 1. The highest BCUT2D eigenvalue weighted by Gasteiger charge is 2.09. The fraction of sp³-hybridized carbons (Fsp3) is 0.286. The topological polar surface area (TPSA) is 32.3 Å². The second kappa shape index (κ2) is 8.46.